The predicted molar refractivity (Wildman–Crippen MR) is 151 cm³/mol. The number of amides is 1. The van der Waals surface area contributed by atoms with Crippen molar-refractivity contribution in [1.82, 2.24) is 14.8 Å². The molecule has 6 rings (SSSR count). The first-order valence-corrected chi connectivity index (χ1v) is 14.6. The number of hydrogen-bond donors (Lipinski definition) is 0. The number of rotatable bonds is 9. The average molecular weight is 561 g/mol. The first kappa shape index (κ1) is 25.8. The van der Waals surface area contributed by atoms with Gasteiger partial charge in [0.15, 0.2) is 11.0 Å². The fourth-order valence-corrected chi connectivity index (χ4v) is 6.58. The third kappa shape index (κ3) is 5.63. The average Bonchev–Trinajstić information content (AvgIpc) is 3.63. The van der Waals surface area contributed by atoms with Crippen molar-refractivity contribution < 1.29 is 19.0 Å². The molecule has 3 aromatic carbocycles. The number of fused-ring (bicyclic) bond motifs is 2. The molecule has 1 fully saturated rings. The van der Waals surface area contributed by atoms with Crippen LogP contribution in [0.2, 0.25) is 0 Å². The quantitative estimate of drug-likeness (QED) is 0.232. The van der Waals surface area contributed by atoms with Crippen molar-refractivity contribution in [2.24, 2.45) is 0 Å². The molecule has 0 radical (unpaired) electrons. The highest BCUT2D eigenvalue weighted by molar-refractivity contribution is 8.00. The lowest BCUT2D eigenvalue weighted by Crippen LogP contribution is -2.30. The van der Waals surface area contributed by atoms with E-state index in [4.69, 9.17) is 14.2 Å². The molecule has 200 valence electrons. The molecule has 2 aliphatic heterocycles. The Morgan fingerprint density at radius 3 is 2.49 bits per heavy atom. The number of anilines is 2. The lowest BCUT2D eigenvalue weighted by molar-refractivity contribution is -0.115. The van der Waals surface area contributed by atoms with Gasteiger partial charge in [0.25, 0.3) is 0 Å². The molecule has 1 aromatic heterocycles. The molecule has 0 bridgehead atoms. The maximum Gasteiger partial charge on any atom is 0.242 e. The van der Waals surface area contributed by atoms with Crippen LogP contribution in [-0.2, 0) is 22.7 Å². The summed E-state index contributed by atoms with van der Waals surface area (Å²) in [4.78, 5) is 17.7. The minimum Gasteiger partial charge on any atom is -0.497 e. The molecule has 4 aromatic rings. The minimum atomic E-state index is -0.0129. The summed E-state index contributed by atoms with van der Waals surface area (Å²) in [6, 6.07) is 23.5. The highest BCUT2D eigenvalue weighted by Gasteiger charge is 2.29. The third-order valence-corrected chi connectivity index (χ3v) is 8.70. The van der Waals surface area contributed by atoms with Gasteiger partial charge in [-0.2, -0.15) is 0 Å². The van der Waals surface area contributed by atoms with Crippen molar-refractivity contribution in [2.45, 2.75) is 47.0 Å². The van der Waals surface area contributed by atoms with E-state index in [0.717, 1.165) is 46.4 Å². The van der Waals surface area contributed by atoms with Gasteiger partial charge in [-0.15, -0.1) is 10.2 Å². The molecule has 39 heavy (non-hydrogen) atoms. The van der Waals surface area contributed by atoms with E-state index in [0.29, 0.717) is 23.3 Å². The summed E-state index contributed by atoms with van der Waals surface area (Å²) in [6.45, 7) is 1.62. The number of carbonyl (C=O) groups is 1. The second-order valence-electron chi connectivity index (χ2n) is 9.17. The lowest BCUT2D eigenvalue weighted by Gasteiger charge is -2.31. The number of nitrogens with zero attached hydrogens (tertiary/aromatic N) is 4. The topological polar surface area (TPSA) is 78.7 Å². The Bertz CT molecular complexity index is 1430. The summed E-state index contributed by atoms with van der Waals surface area (Å²) in [7, 11) is 1.63. The summed E-state index contributed by atoms with van der Waals surface area (Å²) < 4.78 is 19.3. The van der Waals surface area contributed by atoms with Gasteiger partial charge in [0, 0.05) is 22.5 Å². The van der Waals surface area contributed by atoms with Gasteiger partial charge in [-0.1, -0.05) is 53.9 Å². The molecule has 0 N–H and O–H groups in total. The Morgan fingerprint density at radius 1 is 1.03 bits per heavy atom. The monoisotopic (exact) mass is 560 g/mol. The fourth-order valence-electron chi connectivity index (χ4n) is 4.71. The molecular formula is C29H28N4O4S2. The van der Waals surface area contributed by atoms with Crippen LogP contribution in [0.4, 0.5) is 11.4 Å². The van der Waals surface area contributed by atoms with Crippen molar-refractivity contribution in [2.75, 3.05) is 24.4 Å². The van der Waals surface area contributed by atoms with Crippen LogP contribution in [-0.4, -0.2) is 46.2 Å². The van der Waals surface area contributed by atoms with Crippen LogP contribution in [0.1, 0.15) is 18.7 Å². The van der Waals surface area contributed by atoms with Crippen molar-refractivity contribution >= 4 is 40.8 Å². The Morgan fingerprint density at radius 2 is 1.77 bits per heavy atom. The van der Waals surface area contributed by atoms with Crippen LogP contribution in [0.5, 0.6) is 11.5 Å². The molecular weight excluding hydrogens is 532 g/mol. The molecule has 8 nitrogen and oxygen atoms in total. The third-order valence-electron chi connectivity index (χ3n) is 6.62. The van der Waals surface area contributed by atoms with Crippen LogP contribution in [0.3, 0.4) is 0 Å². The zero-order valence-electron chi connectivity index (χ0n) is 21.5. The highest BCUT2D eigenvalue weighted by atomic mass is 32.2. The molecule has 2 aliphatic rings. The van der Waals surface area contributed by atoms with Crippen LogP contribution >= 0.6 is 23.5 Å². The van der Waals surface area contributed by atoms with Gasteiger partial charge in [-0.05, 0) is 49.2 Å². The molecule has 0 saturated carbocycles. The normalized spacial score (nSPS) is 16.0. The largest absolute Gasteiger partial charge is 0.497 e. The molecule has 0 aliphatic carbocycles. The van der Waals surface area contributed by atoms with E-state index in [9.17, 15) is 4.79 Å². The summed E-state index contributed by atoms with van der Waals surface area (Å²) in [5.41, 5.74) is 1.81. The number of hydrogen-bond acceptors (Lipinski definition) is 8. The Labute approximate surface area is 235 Å². The number of methoxy groups -OCH3 is 1. The van der Waals surface area contributed by atoms with E-state index in [1.165, 1.54) is 11.8 Å². The van der Waals surface area contributed by atoms with E-state index in [-0.39, 0.29) is 24.4 Å². The summed E-state index contributed by atoms with van der Waals surface area (Å²) >= 11 is 3.07. The zero-order chi connectivity index (χ0) is 26.6. The van der Waals surface area contributed by atoms with E-state index >= 15 is 0 Å². The first-order valence-electron chi connectivity index (χ1n) is 12.8. The summed E-state index contributed by atoms with van der Waals surface area (Å²) in [5.74, 6) is 2.30. The SMILES string of the molecule is COc1cccc(OCc2nnc(SCC(=O)N3c4ccccc4Sc4ccccc43)n2CC2CCCO2)c1. The number of benzene rings is 3. The van der Waals surface area contributed by atoms with Crippen molar-refractivity contribution in [3.05, 3.63) is 78.6 Å². The number of carbonyl (C=O) groups excluding carboxylic acids is 1. The number of aromatic nitrogens is 3. The Hall–Kier alpha value is -3.47. The standard InChI is InChI=1S/C29H28N4O4S2/c1-35-20-8-6-9-21(16-20)37-18-27-30-31-29(32(27)17-22-10-7-15-36-22)38-19-28(34)33-23-11-2-4-13-25(23)39-26-14-5-3-12-24(26)33/h2-6,8-9,11-14,16,22H,7,10,15,17-19H2,1H3. The molecule has 3 heterocycles. The molecule has 1 amide bonds. The molecule has 1 saturated heterocycles. The number of thioether (sulfide) groups is 1. The van der Waals surface area contributed by atoms with Gasteiger partial charge >= 0.3 is 0 Å². The van der Waals surface area contributed by atoms with Crippen molar-refractivity contribution in [1.29, 1.82) is 0 Å². The second kappa shape index (κ2) is 11.7. The van der Waals surface area contributed by atoms with Crippen LogP contribution in [0.15, 0.2) is 87.7 Å². The maximum atomic E-state index is 13.7. The van der Waals surface area contributed by atoms with Crippen molar-refractivity contribution in [3.63, 3.8) is 0 Å². The van der Waals surface area contributed by atoms with Gasteiger partial charge in [0.1, 0.15) is 18.1 Å². The smallest absolute Gasteiger partial charge is 0.242 e. The van der Waals surface area contributed by atoms with Crippen LogP contribution < -0.4 is 14.4 Å². The number of para-hydroxylation sites is 2. The zero-order valence-corrected chi connectivity index (χ0v) is 23.1. The van der Waals surface area contributed by atoms with Gasteiger partial charge in [-0.3, -0.25) is 9.69 Å². The van der Waals surface area contributed by atoms with E-state index in [2.05, 4.69) is 22.3 Å². The summed E-state index contributed by atoms with van der Waals surface area (Å²) in [5, 5.41) is 9.56. The van der Waals surface area contributed by atoms with Gasteiger partial charge in [0.2, 0.25) is 5.91 Å². The summed E-state index contributed by atoms with van der Waals surface area (Å²) in [6.07, 6.45) is 2.11. The molecule has 1 atom stereocenters. The minimum absolute atomic E-state index is 0.0129. The second-order valence-corrected chi connectivity index (χ2v) is 11.2. The lowest BCUT2D eigenvalue weighted by atomic mass is 10.2. The van der Waals surface area contributed by atoms with Crippen LogP contribution in [0.25, 0.3) is 0 Å². The predicted octanol–water partition coefficient (Wildman–Crippen LogP) is 5.97. The Kier molecular flexibility index (Phi) is 7.76. The highest BCUT2D eigenvalue weighted by Crippen LogP contribution is 2.48. The maximum absolute atomic E-state index is 13.7. The first-order chi connectivity index (χ1) is 19.2. The number of ether oxygens (including phenoxy) is 3. The van der Waals surface area contributed by atoms with Gasteiger partial charge in [0.05, 0.1) is 36.9 Å². The van der Waals surface area contributed by atoms with E-state index in [1.807, 2.05) is 70.1 Å². The Balaban J connectivity index is 1.21. The van der Waals surface area contributed by atoms with E-state index < -0.39 is 0 Å². The van der Waals surface area contributed by atoms with E-state index in [1.54, 1.807) is 18.9 Å². The van der Waals surface area contributed by atoms with Gasteiger partial charge in [-0.25, -0.2) is 0 Å². The van der Waals surface area contributed by atoms with Gasteiger partial charge < -0.3 is 18.8 Å². The molecule has 0 spiro atoms. The molecule has 10 heteroatoms. The van der Waals surface area contributed by atoms with Crippen molar-refractivity contribution in [3.8, 4) is 11.5 Å². The molecule has 1 unspecified atom stereocenters. The fraction of sp³-hybridized carbons (Fsp3) is 0.276. The van der Waals surface area contributed by atoms with Crippen LogP contribution in [0, 0.1) is 0 Å².